The molecule has 0 saturated carbocycles. The van der Waals surface area contributed by atoms with Gasteiger partial charge in [0.2, 0.25) is 0 Å². The molecule has 18 heavy (non-hydrogen) atoms. The molecule has 0 amide bonds. The van der Waals surface area contributed by atoms with E-state index in [1.54, 1.807) is 14.2 Å². The molecule has 0 fully saturated rings. The van der Waals surface area contributed by atoms with E-state index in [1.165, 1.54) is 5.57 Å². The van der Waals surface area contributed by atoms with E-state index < -0.39 is 5.60 Å². The number of allylic oxidation sites excluding steroid dienone is 2. The highest BCUT2D eigenvalue weighted by atomic mass is 16.7. The van der Waals surface area contributed by atoms with Crippen molar-refractivity contribution < 1.29 is 14.6 Å². The molecule has 3 heteroatoms. The first-order chi connectivity index (χ1) is 8.46. The van der Waals surface area contributed by atoms with Crippen LogP contribution in [0.25, 0.3) is 0 Å². The van der Waals surface area contributed by atoms with Gasteiger partial charge >= 0.3 is 0 Å². The average molecular weight is 256 g/mol. The largest absolute Gasteiger partial charge is 0.390 e. The molecular formula is C15H28O3. The van der Waals surface area contributed by atoms with Crippen LogP contribution in [0, 0.1) is 5.92 Å². The summed E-state index contributed by atoms with van der Waals surface area (Å²) in [4.78, 5) is 0. The van der Waals surface area contributed by atoms with Crippen molar-refractivity contribution in [2.24, 2.45) is 5.92 Å². The second kappa shape index (κ2) is 7.27. The molecule has 0 bridgehead atoms. The van der Waals surface area contributed by atoms with Gasteiger partial charge in [0.1, 0.15) is 0 Å². The van der Waals surface area contributed by atoms with E-state index in [-0.39, 0.29) is 6.29 Å². The van der Waals surface area contributed by atoms with Crippen molar-refractivity contribution in [2.45, 2.75) is 64.3 Å². The van der Waals surface area contributed by atoms with E-state index in [1.807, 2.05) is 13.8 Å². The summed E-state index contributed by atoms with van der Waals surface area (Å²) >= 11 is 0. The minimum Gasteiger partial charge on any atom is -0.390 e. The smallest absolute Gasteiger partial charge is 0.159 e. The molecule has 0 radical (unpaired) electrons. The molecule has 0 aromatic heterocycles. The van der Waals surface area contributed by atoms with E-state index >= 15 is 0 Å². The zero-order valence-corrected chi connectivity index (χ0v) is 12.2. The molecule has 1 aliphatic carbocycles. The molecule has 3 nitrogen and oxygen atoms in total. The summed E-state index contributed by atoms with van der Waals surface area (Å²) in [6.45, 7) is 3.75. The normalized spacial score (nSPS) is 21.2. The first kappa shape index (κ1) is 15.7. The second-order valence-electron chi connectivity index (χ2n) is 5.90. The summed E-state index contributed by atoms with van der Waals surface area (Å²) in [6.07, 6.45) is 8.64. The lowest BCUT2D eigenvalue weighted by atomic mass is 9.86. The van der Waals surface area contributed by atoms with Crippen LogP contribution in [0.15, 0.2) is 11.6 Å². The standard InChI is InChI=1S/C15H28O3/c1-15(2,16)11-5-6-12-7-9-13(10-8-12)14(17-3)18-4/h7,13-14,16H,5-6,8-11H2,1-4H3. The summed E-state index contributed by atoms with van der Waals surface area (Å²) < 4.78 is 10.6. The van der Waals surface area contributed by atoms with Crippen LogP contribution in [0.4, 0.5) is 0 Å². The van der Waals surface area contributed by atoms with Crippen molar-refractivity contribution in [3.63, 3.8) is 0 Å². The Kier molecular flexibility index (Phi) is 6.33. The molecule has 0 spiro atoms. The minimum atomic E-state index is -0.533. The van der Waals surface area contributed by atoms with E-state index in [0.29, 0.717) is 5.92 Å². The van der Waals surface area contributed by atoms with Crippen LogP contribution in [0.3, 0.4) is 0 Å². The van der Waals surface area contributed by atoms with Gasteiger partial charge in [-0.3, -0.25) is 0 Å². The molecule has 0 saturated heterocycles. The third-order valence-electron chi connectivity index (χ3n) is 3.68. The van der Waals surface area contributed by atoms with Crippen LogP contribution in [0.5, 0.6) is 0 Å². The van der Waals surface area contributed by atoms with Crippen LogP contribution in [0.1, 0.15) is 52.4 Å². The molecule has 1 rings (SSSR count). The van der Waals surface area contributed by atoms with Gasteiger partial charge in [-0.1, -0.05) is 11.6 Å². The van der Waals surface area contributed by atoms with Gasteiger partial charge in [-0.15, -0.1) is 0 Å². The zero-order valence-electron chi connectivity index (χ0n) is 12.2. The quantitative estimate of drug-likeness (QED) is 0.561. The van der Waals surface area contributed by atoms with E-state index in [0.717, 1.165) is 38.5 Å². The van der Waals surface area contributed by atoms with Gasteiger partial charge in [0.25, 0.3) is 0 Å². The average Bonchev–Trinajstić information content (AvgIpc) is 2.31. The van der Waals surface area contributed by atoms with Gasteiger partial charge < -0.3 is 14.6 Å². The number of rotatable bonds is 7. The predicted molar refractivity (Wildman–Crippen MR) is 73.4 cm³/mol. The van der Waals surface area contributed by atoms with Gasteiger partial charge in [0.15, 0.2) is 6.29 Å². The Hall–Kier alpha value is -0.380. The number of ether oxygens (including phenoxy) is 2. The lowest BCUT2D eigenvalue weighted by molar-refractivity contribution is -0.138. The minimum absolute atomic E-state index is 0.0702. The Morgan fingerprint density at radius 3 is 2.50 bits per heavy atom. The molecule has 1 aliphatic rings. The number of aliphatic hydroxyl groups is 1. The van der Waals surface area contributed by atoms with Gasteiger partial charge in [0, 0.05) is 20.1 Å². The Morgan fingerprint density at radius 1 is 1.39 bits per heavy atom. The van der Waals surface area contributed by atoms with Crippen molar-refractivity contribution in [3.8, 4) is 0 Å². The Balaban J connectivity index is 2.31. The molecule has 1 atom stereocenters. The molecule has 0 aromatic rings. The van der Waals surface area contributed by atoms with Crippen molar-refractivity contribution in [3.05, 3.63) is 11.6 Å². The SMILES string of the molecule is COC(OC)C1CC=C(CCCC(C)(C)O)CC1. The van der Waals surface area contributed by atoms with E-state index in [9.17, 15) is 5.11 Å². The maximum absolute atomic E-state index is 9.67. The maximum atomic E-state index is 9.67. The van der Waals surface area contributed by atoms with Crippen molar-refractivity contribution in [2.75, 3.05) is 14.2 Å². The van der Waals surface area contributed by atoms with Crippen LogP contribution in [-0.2, 0) is 9.47 Å². The van der Waals surface area contributed by atoms with Gasteiger partial charge in [-0.05, 0) is 52.4 Å². The fraction of sp³-hybridized carbons (Fsp3) is 0.867. The molecule has 1 unspecified atom stereocenters. The monoisotopic (exact) mass is 256 g/mol. The first-order valence-corrected chi connectivity index (χ1v) is 6.92. The predicted octanol–water partition coefficient (Wildman–Crippen LogP) is 3.27. The Labute approximate surface area is 111 Å². The number of methoxy groups -OCH3 is 2. The fourth-order valence-corrected chi connectivity index (χ4v) is 2.61. The molecule has 0 aliphatic heterocycles. The summed E-state index contributed by atoms with van der Waals surface area (Å²) in [7, 11) is 3.41. The third kappa shape index (κ3) is 5.51. The summed E-state index contributed by atoms with van der Waals surface area (Å²) in [6, 6.07) is 0. The summed E-state index contributed by atoms with van der Waals surface area (Å²) in [5, 5.41) is 9.67. The van der Waals surface area contributed by atoms with Crippen LogP contribution >= 0.6 is 0 Å². The Morgan fingerprint density at radius 2 is 2.06 bits per heavy atom. The molecule has 0 heterocycles. The lowest BCUT2D eigenvalue weighted by Gasteiger charge is -2.28. The highest BCUT2D eigenvalue weighted by Crippen LogP contribution is 2.30. The number of hydrogen-bond donors (Lipinski definition) is 1. The Bertz CT molecular complexity index is 261. The number of hydrogen-bond acceptors (Lipinski definition) is 3. The highest BCUT2D eigenvalue weighted by molar-refractivity contribution is 5.07. The van der Waals surface area contributed by atoms with Crippen molar-refractivity contribution in [1.82, 2.24) is 0 Å². The van der Waals surface area contributed by atoms with Crippen LogP contribution in [0.2, 0.25) is 0 Å². The van der Waals surface area contributed by atoms with Crippen molar-refractivity contribution in [1.29, 1.82) is 0 Å². The summed E-state index contributed by atoms with van der Waals surface area (Å²) in [5.41, 5.74) is 0.996. The topological polar surface area (TPSA) is 38.7 Å². The highest BCUT2D eigenvalue weighted by Gasteiger charge is 2.23. The third-order valence-corrected chi connectivity index (χ3v) is 3.68. The van der Waals surface area contributed by atoms with Gasteiger partial charge in [0.05, 0.1) is 5.60 Å². The van der Waals surface area contributed by atoms with Crippen LogP contribution < -0.4 is 0 Å². The fourth-order valence-electron chi connectivity index (χ4n) is 2.61. The maximum Gasteiger partial charge on any atom is 0.159 e. The second-order valence-corrected chi connectivity index (χ2v) is 5.90. The summed E-state index contributed by atoms with van der Waals surface area (Å²) in [5.74, 6) is 0.484. The van der Waals surface area contributed by atoms with E-state index in [4.69, 9.17) is 9.47 Å². The zero-order chi connectivity index (χ0) is 13.6. The first-order valence-electron chi connectivity index (χ1n) is 6.92. The van der Waals surface area contributed by atoms with Gasteiger partial charge in [-0.2, -0.15) is 0 Å². The molecule has 1 N–H and O–H groups in total. The van der Waals surface area contributed by atoms with Crippen LogP contribution in [-0.4, -0.2) is 31.2 Å². The van der Waals surface area contributed by atoms with Gasteiger partial charge in [-0.25, -0.2) is 0 Å². The molecule has 106 valence electrons. The lowest BCUT2D eigenvalue weighted by Crippen LogP contribution is -2.26. The molecule has 0 aromatic carbocycles. The van der Waals surface area contributed by atoms with E-state index in [2.05, 4.69) is 6.08 Å². The van der Waals surface area contributed by atoms with Crippen molar-refractivity contribution >= 4 is 0 Å². The molecular weight excluding hydrogens is 228 g/mol.